The molecule has 1 aliphatic rings. The second-order valence-corrected chi connectivity index (χ2v) is 5.36. The molecule has 0 heterocycles. The highest BCUT2D eigenvalue weighted by Gasteiger charge is 2.51. The van der Waals surface area contributed by atoms with Crippen molar-refractivity contribution in [3.8, 4) is 5.75 Å². The maximum atomic E-state index is 13.6. The Hall–Kier alpha value is -2.43. The first kappa shape index (κ1) is 14.5. The molecular weight excluding hydrogens is 288 g/mol. The first-order valence-corrected chi connectivity index (χ1v) is 6.97. The van der Waals surface area contributed by atoms with Gasteiger partial charge >= 0.3 is 0 Å². The van der Waals surface area contributed by atoms with Crippen LogP contribution in [0.2, 0.25) is 0 Å². The number of carbonyl (C=O) groups is 1. The van der Waals surface area contributed by atoms with Crippen molar-refractivity contribution in [1.82, 2.24) is 0 Å². The van der Waals surface area contributed by atoms with E-state index in [-0.39, 0.29) is 5.91 Å². The number of methoxy groups -OCH3 is 1. The van der Waals surface area contributed by atoms with E-state index in [0.717, 1.165) is 17.7 Å². The van der Waals surface area contributed by atoms with Crippen molar-refractivity contribution < 1.29 is 18.3 Å². The van der Waals surface area contributed by atoms with Gasteiger partial charge in [0.2, 0.25) is 5.91 Å². The average Bonchev–Trinajstić information content (AvgIpc) is 3.33. The molecule has 1 fully saturated rings. The van der Waals surface area contributed by atoms with Crippen LogP contribution < -0.4 is 10.1 Å². The Bertz CT molecular complexity index is 689. The highest BCUT2D eigenvalue weighted by atomic mass is 19.1. The molecule has 3 rings (SSSR count). The number of para-hydroxylation sites is 1. The molecule has 0 atom stereocenters. The number of hydrogen-bond donors (Lipinski definition) is 1. The van der Waals surface area contributed by atoms with E-state index < -0.39 is 22.7 Å². The predicted molar refractivity (Wildman–Crippen MR) is 78.9 cm³/mol. The molecule has 2 aromatic rings. The van der Waals surface area contributed by atoms with Gasteiger partial charge in [-0.15, -0.1) is 0 Å². The zero-order valence-electron chi connectivity index (χ0n) is 12.0. The summed E-state index contributed by atoms with van der Waals surface area (Å²) in [6, 6.07) is 10.7. The van der Waals surface area contributed by atoms with Crippen molar-refractivity contribution in [2.24, 2.45) is 0 Å². The van der Waals surface area contributed by atoms with Gasteiger partial charge in [0.15, 0.2) is 0 Å². The quantitative estimate of drug-likeness (QED) is 0.936. The molecule has 1 aliphatic carbocycles. The Labute approximate surface area is 126 Å². The maximum Gasteiger partial charge on any atom is 0.235 e. The molecule has 1 amide bonds. The van der Waals surface area contributed by atoms with Crippen LogP contribution in [0.5, 0.6) is 5.75 Å². The summed E-state index contributed by atoms with van der Waals surface area (Å²) < 4.78 is 32.4. The van der Waals surface area contributed by atoms with E-state index in [1.165, 1.54) is 6.07 Å². The number of amides is 1. The summed E-state index contributed by atoms with van der Waals surface area (Å²) in [5.41, 5.74) is -0.282. The number of nitrogens with one attached hydrogen (secondary N) is 1. The van der Waals surface area contributed by atoms with Gasteiger partial charge in [0.05, 0.1) is 12.5 Å². The van der Waals surface area contributed by atoms with Crippen molar-refractivity contribution in [3.05, 3.63) is 59.7 Å². The normalized spacial score (nSPS) is 15.2. The van der Waals surface area contributed by atoms with E-state index in [4.69, 9.17) is 4.74 Å². The van der Waals surface area contributed by atoms with Gasteiger partial charge in [-0.05, 0) is 42.7 Å². The van der Waals surface area contributed by atoms with Crippen LogP contribution >= 0.6 is 0 Å². The Morgan fingerprint density at radius 1 is 1.09 bits per heavy atom. The first-order chi connectivity index (χ1) is 10.6. The van der Waals surface area contributed by atoms with E-state index in [9.17, 15) is 13.6 Å². The van der Waals surface area contributed by atoms with Crippen LogP contribution in [0.4, 0.5) is 14.5 Å². The lowest BCUT2D eigenvalue weighted by Crippen LogP contribution is -2.28. The van der Waals surface area contributed by atoms with E-state index in [0.29, 0.717) is 18.6 Å². The maximum absolute atomic E-state index is 13.6. The second-order valence-electron chi connectivity index (χ2n) is 5.36. The summed E-state index contributed by atoms with van der Waals surface area (Å²) in [4.78, 5) is 12.5. The molecule has 1 N–H and O–H groups in total. The van der Waals surface area contributed by atoms with Gasteiger partial charge in [0, 0.05) is 0 Å². The number of carbonyl (C=O) groups excluding carboxylic acids is 1. The van der Waals surface area contributed by atoms with Crippen molar-refractivity contribution in [3.63, 3.8) is 0 Å². The van der Waals surface area contributed by atoms with Gasteiger partial charge in [-0.25, -0.2) is 8.78 Å². The SMILES string of the molecule is COc1ccc(C2(C(=O)Nc3c(F)cccc3F)CC2)cc1. The molecule has 5 heteroatoms. The lowest BCUT2D eigenvalue weighted by Gasteiger charge is -2.17. The molecule has 0 radical (unpaired) electrons. The number of ether oxygens (including phenoxy) is 1. The Balaban J connectivity index is 1.85. The third-order valence-electron chi connectivity index (χ3n) is 4.03. The van der Waals surface area contributed by atoms with Crippen LogP contribution in [0.1, 0.15) is 18.4 Å². The number of hydrogen-bond acceptors (Lipinski definition) is 2. The first-order valence-electron chi connectivity index (χ1n) is 6.97. The summed E-state index contributed by atoms with van der Waals surface area (Å²) in [6.45, 7) is 0. The Morgan fingerprint density at radius 3 is 2.18 bits per heavy atom. The van der Waals surface area contributed by atoms with Gasteiger partial charge in [-0.2, -0.15) is 0 Å². The summed E-state index contributed by atoms with van der Waals surface area (Å²) >= 11 is 0. The molecule has 22 heavy (non-hydrogen) atoms. The highest BCUT2D eigenvalue weighted by molar-refractivity contribution is 6.01. The third-order valence-corrected chi connectivity index (χ3v) is 4.03. The molecule has 0 saturated heterocycles. The largest absolute Gasteiger partial charge is 0.497 e. The molecule has 0 bridgehead atoms. The van der Waals surface area contributed by atoms with Crippen LogP contribution in [-0.4, -0.2) is 13.0 Å². The van der Waals surface area contributed by atoms with Crippen LogP contribution in [0, 0.1) is 11.6 Å². The molecular formula is C17H15F2NO2. The molecule has 0 aromatic heterocycles. The third kappa shape index (κ3) is 2.43. The highest BCUT2D eigenvalue weighted by Crippen LogP contribution is 2.49. The summed E-state index contributed by atoms with van der Waals surface area (Å²) in [5, 5.41) is 2.39. The summed E-state index contributed by atoms with van der Waals surface area (Å²) in [5.74, 6) is -1.25. The fourth-order valence-electron chi connectivity index (χ4n) is 2.53. The van der Waals surface area contributed by atoms with Crippen LogP contribution in [0.25, 0.3) is 0 Å². The lowest BCUT2D eigenvalue weighted by molar-refractivity contribution is -0.118. The molecule has 0 aliphatic heterocycles. The minimum atomic E-state index is -0.779. The molecule has 0 unspecified atom stereocenters. The molecule has 2 aromatic carbocycles. The minimum absolute atomic E-state index is 0.387. The molecule has 114 valence electrons. The standard InChI is InChI=1S/C17H15F2NO2/c1-22-12-7-5-11(6-8-12)17(9-10-17)16(21)20-15-13(18)3-2-4-14(15)19/h2-8H,9-10H2,1H3,(H,20,21). The minimum Gasteiger partial charge on any atom is -0.497 e. The number of halogens is 2. The van der Waals surface area contributed by atoms with Gasteiger partial charge in [0.25, 0.3) is 0 Å². The lowest BCUT2D eigenvalue weighted by atomic mass is 9.94. The molecule has 0 spiro atoms. The van der Waals surface area contributed by atoms with E-state index in [2.05, 4.69) is 5.32 Å². The predicted octanol–water partition coefficient (Wildman–Crippen LogP) is 3.64. The zero-order chi connectivity index (χ0) is 15.7. The topological polar surface area (TPSA) is 38.3 Å². The van der Waals surface area contributed by atoms with Crippen molar-refractivity contribution >= 4 is 11.6 Å². The second kappa shape index (κ2) is 5.40. The van der Waals surface area contributed by atoms with E-state index in [1.807, 2.05) is 12.1 Å². The number of rotatable bonds is 4. The van der Waals surface area contributed by atoms with Crippen LogP contribution in [0.15, 0.2) is 42.5 Å². The average molecular weight is 303 g/mol. The zero-order valence-corrected chi connectivity index (χ0v) is 12.0. The summed E-state index contributed by atoms with van der Waals surface area (Å²) in [6.07, 6.45) is 1.31. The fourth-order valence-corrected chi connectivity index (χ4v) is 2.53. The van der Waals surface area contributed by atoms with Crippen molar-refractivity contribution in [2.45, 2.75) is 18.3 Å². The van der Waals surface area contributed by atoms with Gasteiger partial charge in [-0.1, -0.05) is 18.2 Å². The van der Waals surface area contributed by atoms with Crippen LogP contribution in [0.3, 0.4) is 0 Å². The van der Waals surface area contributed by atoms with E-state index >= 15 is 0 Å². The smallest absolute Gasteiger partial charge is 0.235 e. The van der Waals surface area contributed by atoms with Gasteiger partial charge in [-0.3, -0.25) is 4.79 Å². The van der Waals surface area contributed by atoms with Gasteiger partial charge in [0.1, 0.15) is 23.1 Å². The summed E-state index contributed by atoms with van der Waals surface area (Å²) in [7, 11) is 1.57. The van der Waals surface area contributed by atoms with Gasteiger partial charge < -0.3 is 10.1 Å². The van der Waals surface area contributed by atoms with Crippen LogP contribution in [-0.2, 0) is 10.2 Å². The van der Waals surface area contributed by atoms with E-state index in [1.54, 1.807) is 19.2 Å². The number of benzene rings is 2. The molecule has 3 nitrogen and oxygen atoms in total. The Kier molecular flexibility index (Phi) is 3.56. The fraction of sp³-hybridized carbons (Fsp3) is 0.235. The molecule has 1 saturated carbocycles. The monoisotopic (exact) mass is 303 g/mol. The van der Waals surface area contributed by atoms with Crippen molar-refractivity contribution in [1.29, 1.82) is 0 Å². The number of anilines is 1. The van der Waals surface area contributed by atoms with Crippen molar-refractivity contribution in [2.75, 3.05) is 12.4 Å². The Morgan fingerprint density at radius 2 is 1.68 bits per heavy atom.